The number of likely N-dealkylation sites (tertiary alicyclic amines) is 1. The van der Waals surface area contributed by atoms with Crippen LogP contribution in [0.1, 0.15) is 23.3 Å². The van der Waals surface area contributed by atoms with E-state index in [1.807, 2.05) is 0 Å². The lowest BCUT2D eigenvalue weighted by Gasteiger charge is -2.32. The second-order valence-electron chi connectivity index (χ2n) is 6.45. The highest BCUT2D eigenvalue weighted by Gasteiger charge is 2.31. The van der Waals surface area contributed by atoms with Gasteiger partial charge in [-0.3, -0.25) is 9.78 Å². The lowest BCUT2D eigenvalue weighted by atomic mass is 10.0. The molecule has 2 aromatic rings. The average Bonchev–Trinajstić information content (AvgIpc) is 2.69. The van der Waals surface area contributed by atoms with Gasteiger partial charge in [-0.05, 0) is 49.2 Å². The van der Waals surface area contributed by atoms with E-state index in [1.165, 1.54) is 12.1 Å². The summed E-state index contributed by atoms with van der Waals surface area (Å²) >= 11 is 0. The molecule has 2 heterocycles. The Morgan fingerprint density at radius 2 is 1.76 bits per heavy atom. The van der Waals surface area contributed by atoms with Crippen molar-refractivity contribution in [3.63, 3.8) is 0 Å². The molecule has 1 aromatic heterocycles. The molecule has 0 aliphatic carbocycles. The maximum atomic E-state index is 12.4. The Balaban J connectivity index is 1.44. The first kappa shape index (κ1) is 20.4. The number of benzene rings is 1. The first-order valence-electron chi connectivity index (χ1n) is 8.94. The molecule has 0 radical (unpaired) electrons. The average molecular weight is 408 g/mol. The third kappa shape index (κ3) is 6.09. The highest BCUT2D eigenvalue weighted by molar-refractivity contribution is 5.92. The normalized spacial score (nSPS) is 14.9. The maximum absolute atomic E-state index is 12.4. The molecule has 154 valence electrons. The van der Waals surface area contributed by atoms with Gasteiger partial charge in [0.15, 0.2) is 0 Å². The number of hydrogen-bond donors (Lipinski definition) is 2. The van der Waals surface area contributed by atoms with Gasteiger partial charge in [0.05, 0.1) is 0 Å². The number of carbonyl (C=O) groups excluding carboxylic acids is 2. The summed E-state index contributed by atoms with van der Waals surface area (Å²) < 4.78 is 40.2. The molecule has 7 nitrogen and oxygen atoms in total. The van der Waals surface area contributed by atoms with E-state index in [-0.39, 0.29) is 17.7 Å². The number of urea groups is 1. The van der Waals surface area contributed by atoms with Crippen LogP contribution in [0.5, 0.6) is 5.75 Å². The number of pyridine rings is 1. The first-order valence-corrected chi connectivity index (χ1v) is 8.94. The Hall–Kier alpha value is -3.30. The molecule has 0 atom stereocenters. The van der Waals surface area contributed by atoms with Crippen LogP contribution in [-0.4, -0.2) is 47.3 Å². The predicted molar refractivity (Wildman–Crippen MR) is 98.4 cm³/mol. The van der Waals surface area contributed by atoms with Crippen LogP contribution < -0.4 is 15.4 Å². The lowest BCUT2D eigenvalue weighted by molar-refractivity contribution is -0.274. The molecule has 1 aromatic carbocycles. The number of aromatic nitrogens is 1. The fraction of sp³-hybridized carbons (Fsp3) is 0.316. The number of ether oxygens (including phenoxy) is 1. The molecule has 3 rings (SSSR count). The minimum atomic E-state index is -4.76. The molecule has 1 aliphatic heterocycles. The number of anilines is 1. The van der Waals surface area contributed by atoms with Crippen molar-refractivity contribution in [2.75, 3.05) is 18.4 Å². The summed E-state index contributed by atoms with van der Waals surface area (Å²) in [5.41, 5.74) is 0.717. The summed E-state index contributed by atoms with van der Waals surface area (Å²) in [5, 5.41) is 5.37. The zero-order valence-electron chi connectivity index (χ0n) is 15.3. The number of halogens is 3. The summed E-state index contributed by atoms with van der Waals surface area (Å²) in [4.78, 5) is 30.2. The van der Waals surface area contributed by atoms with E-state index in [9.17, 15) is 22.8 Å². The summed E-state index contributed by atoms with van der Waals surface area (Å²) in [6.07, 6.45) is -2.03. The summed E-state index contributed by atoms with van der Waals surface area (Å²) in [6, 6.07) is 9.42. The molecule has 3 amide bonds. The van der Waals surface area contributed by atoms with Gasteiger partial charge in [0.2, 0.25) is 0 Å². The second kappa shape index (κ2) is 8.80. The molecular formula is C19H19F3N4O3. The quantitative estimate of drug-likeness (QED) is 0.812. The number of nitrogens with zero attached hydrogens (tertiary/aromatic N) is 2. The third-order valence-electron chi connectivity index (χ3n) is 4.35. The highest BCUT2D eigenvalue weighted by atomic mass is 19.4. The van der Waals surface area contributed by atoms with Gasteiger partial charge in [0.1, 0.15) is 11.4 Å². The second-order valence-corrected chi connectivity index (χ2v) is 6.45. The van der Waals surface area contributed by atoms with Crippen molar-refractivity contribution in [2.45, 2.75) is 25.2 Å². The number of amides is 3. The SMILES string of the molecule is O=C(Nc1ccc(OC(F)(F)F)cc1)NC1CCN(C(=O)c2ccccn2)CC1. The van der Waals surface area contributed by atoms with Crippen LogP contribution in [0.15, 0.2) is 48.7 Å². The van der Waals surface area contributed by atoms with Gasteiger partial charge in [-0.2, -0.15) is 0 Å². The van der Waals surface area contributed by atoms with E-state index >= 15 is 0 Å². The Morgan fingerprint density at radius 1 is 1.07 bits per heavy atom. The first-order chi connectivity index (χ1) is 13.8. The Kier molecular flexibility index (Phi) is 6.20. The molecule has 0 spiro atoms. The smallest absolute Gasteiger partial charge is 0.406 e. The predicted octanol–water partition coefficient (Wildman–Crippen LogP) is 3.41. The zero-order chi connectivity index (χ0) is 20.9. The molecule has 2 N–H and O–H groups in total. The minimum absolute atomic E-state index is 0.115. The molecule has 1 saturated heterocycles. The van der Waals surface area contributed by atoms with E-state index in [4.69, 9.17) is 0 Å². The fourth-order valence-corrected chi connectivity index (χ4v) is 2.97. The van der Waals surface area contributed by atoms with E-state index in [0.29, 0.717) is 37.3 Å². The fourth-order valence-electron chi connectivity index (χ4n) is 2.97. The monoisotopic (exact) mass is 408 g/mol. The van der Waals surface area contributed by atoms with Gasteiger partial charge in [-0.15, -0.1) is 13.2 Å². The molecule has 0 bridgehead atoms. The van der Waals surface area contributed by atoms with Crippen LogP contribution in [0.4, 0.5) is 23.7 Å². The van der Waals surface area contributed by atoms with Crippen LogP contribution in [0.25, 0.3) is 0 Å². The van der Waals surface area contributed by atoms with Gasteiger partial charge < -0.3 is 20.3 Å². The molecule has 0 saturated carbocycles. The van der Waals surface area contributed by atoms with Gasteiger partial charge in [-0.25, -0.2) is 4.79 Å². The number of rotatable bonds is 4. The van der Waals surface area contributed by atoms with Crippen molar-refractivity contribution >= 4 is 17.6 Å². The molecular weight excluding hydrogens is 389 g/mol. The lowest BCUT2D eigenvalue weighted by Crippen LogP contribution is -2.47. The summed E-state index contributed by atoms with van der Waals surface area (Å²) in [6.45, 7) is 0.980. The van der Waals surface area contributed by atoms with Crippen LogP contribution in [0.2, 0.25) is 0 Å². The molecule has 1 aliphatic rings. The number of carbonyl (C=O) groups is 2. The van der Waals surface area contributed by atoms with E-state index in [0.717, 1.165) is 12.1 Å². The third-order valence-corrected chi connectivity index (χ3v) is 4.35. The van der Waals surface area contributed by atoms with Crippen LogP contribution in [0, 0.1) is 0 Å². The topological polar surface area (TPSA) is 83.6 Å². The number of nitrogens with one attached hydrogen (secondary N) is 2. The Morgan fingerprint density at radius 3 is 2.34 bits per heavy atom. The van der Waals surface area contributed by atoms with E-state index in [2.05, 4.69) is 20.4 Å². The highest BCUT2D eigenvalue weighted by Crippen LogP contribution is 2.24. The zero-order valence-corrected chi connectivity index (χ0v) is 15.3. The van der Waals surface area contributed by atoms with Gasteiger partial charge in [0.25, 0.3) is 5.91 Å². The van der Waals surface area contributed by atoms with Crippen LogP contribution in [-0.2, 0) is 0 Å². The van der Waals surface area contributed by atoms with E-state index < -0.39 is 12.4 Å². The Bertz CT molecular complexity index is 836. The van der Waals surface area contributed by atoms with Crippen molar-refractivity contribution in [2.24, 2.45) is 0 Å². The van der Waals surface area contributed by atoms with Crippen molar-refractivity contribution < 1.29 is 27.5 Å². The number of alkyl halides is 3. The molecule has 10 heteroatoms. The maximum Gasteiger partial charge on any atom is 0.573 e. The van der Waals surface area contributed by atoms with Gasteiger partial charge in [-0.1, -0.05) is 6.07 Å². The minimum Gasteiger partial charge on any atom is -0.406 e. The van der Waals surface area contributed by atoms with Crippen molar-refractivity contribution in [3.05, 3.63) is 54.4 Å². The molecule has 1 fully saturated rings. The van der Waals surface area contributed by atoms with Crippen LogP contribution >= 0.6 is 0 Å². The number of piperidine rings is 1. The summed E-state index contributed by atoms with van der Waals surface area (Å²) in [5.74, 6) is -0.511. The largest absolute Gasteiger partial charge is 0.573 e. The van der Waals surface area contributed by atoms with E-state index in [1.54, 1.807) is 29.3 Å². The number of hydrogen-bond acceptors (Lipinski definition) is 4. The summed E-state index contributed by atoms with van der Waals surface area (Å²) in [7, 11) is 0. The van der Waals surface area contributed by atoms with Crippen LogP contribution in [0.3, 0.4) is 0 Å². The molecule has 29 heavy (non-hydrogen) atoms. The van der Waals surface area contributed by atoms with Gasteiger partial charge >= 0.3 is 12.4 Å². The van der Waals surface area contributed by atoms with Crippen molar-refractivity contribution in [1.82, 2.24) is 15.2 Å². The standard InChI is InChI=1S/C19H19F3N4O3/c20-19(21,22)29-15-6-4-13(5-7-15)24-18(28)25-14-8-11-26(12-9-14)17(27)16-3-1-2-10-23-16/h1-7,10,14H,8-9,11-12H2,(H2,24,25,28). The Labute approximate surface area is 164 Å². The van der Waals surface area contributed by atoms with Crippen molar-refractivity contribution in [1.29, 1.82) is 0 Å². The van der Waals surface area contributed by atoms with Gasteiger partial charge in [0, 0.05) is 31.0 Å². The molecule has 0 unspecified atom stereocenters. The van der Waals surface area contributed by atoms with Crippen molar-refractivity contribution in [3.8, 4) is 5.75 Å².